The number of amides is 2. The number of aromatic nitrogens is 5. The van der Waals surface area contributed by atoms with E-state index in [1.54, 1.807) is 24.0 Å². The Morgan fingerprint density at radius 3 is 2.74 bits per heavy atom. The van der Waals surface area contributed by atoms with Crippen molar-refractivity contribution in [3.8, 4) is 0 Å². The van der Waals surface area contributed by atoms with Crippen LogP contribution < -0.4 is 0 Å². The van der Waals surface area contributed by atoms with Gasteiger partial charge in [0.1, 0.15) is 5.82 Å². The molecule has 4 heterocycles. The van der Waals surface area contributed by atoms with Crippen molar-refractivity contribution < 1.29 is 9.59 Å². The minimum absolute atomic E-state index is 0.00394. The van der Waals surface area contributed by atoms with Crippen molar-refractivity contribution in [1.82, 2.24) is 34.8 Å². The zero-order valence-electron chi connectivity index (χ0n) is 16.0. The van der Waals surface area contributed by atoms with Crippen molar-refractivity contribution in [2.75, 3.05) is 26.2 Å². The summed E-state index contributed by atoms with van der Waals surface area (Å²) in [5.41, 5.74) is 0.320. The average molecular weight is 371 g/mol. The minimum atomic E-state index is -0.291. The van der Waals surface area contributed by atoms with E-state index in [2.05, 4.69) is 20.3 Å². The van der Waals surface area contributed by atoms with Crippen LogP contribution in [0.25, 0.3) is 0 Å². The van der Waals surface area contributed by atoms with Gasteiger partial charge in [-0.3, -0.25) is 19.4 Å². The lowest BCUT2D eigenvalue weighted by Gasteiger charge is -2.41. The van der Waals surface area contributed by atoms with E-state index in [0.717, 1.165) is 24.6 Å². The molecule has 0 unspecified atom stereocenters. The molecule has 2 atom stereocenters. The molecular formula is C18H25N7O2. The normalized spacial score (nSPS) is 24.9. The number of likely N-dealkylation sites (tertiary alicyclic amines) is 2. The zero-order valence-corrected chi connectivity index (χ0v) is 16.0. The maximum absolute atomic E-state index is 12.9. The Morgan fingerprint density at radius 1 is 1.33 bits per heavy atom. The molecule has 0 aliphatic carbocycles. The van der Waals surface area contributed by atoms with Crippen LogP contribution >= 0.6 is 0 Å². The first-order valence-electron chi connectivity index (χ1n) is 9.39. The van der Waals surface area contributed by atoms with E-state index < -0.39 is 0 Å². The van der Waals surface area contributed by atoms with Crippen LogP contribution in [0.2, 0.25) is 0 Å². The third-order valence-corrected chi connectivity index (χ3v) is 5.94. The van der Waals surface area contributed by atoms with Gasteiger partial charge in [0.2, 0.25) is 5.91 Å². The largest absolute Gasteiger partial charge is 0.342 e. The predicted molar refractivity (Wildman–Crippen MR) is 97.0 cm³/mol. The smallest absolute Gasteiger partial charge is 0.257 e. The summed E-state index contributed by atoms with van der Waals surface area (Å²) in [6.45, 7) is 8.64. The number of hydrogen-bond donors (Lipinski definition) is 1. The Morgan fingerprint density at radius 2 is 2.11 bits per heavy atom. The van der Waals surface area contributed by atoms with E-state index >= 15 is 0 Å². The van der Waals surface area contributed by atoms with Gasteiger partial charge in [0.05, 0.1) is 17.2 Å². The Balaban J connectivity index is 1.60. The van der Waals surface area contributed by atoms with Gasteiger partial charge in [-0.25, -0.2) is 4.98 Å². The summed E-state index contributed by atoms with van der Waals surface area (Å²) in [5.74, 6) is 1.70. The molecule has 144 valence electrons. The molecule has 2 saturated heterocycles. The highest BCUT2D eigenvalue weighted by atomic mass is 16.2. The maximum Gasteiger partial charge on any atom is 0.257 e. The van der Waals surface area contributed by atoms with Gasteiger partial charge in [0.15, 0.2) is 5.82 Å². The molecule has 2 aliphatic heterocycles. The number of nitrogens with one attached hydrogen (secondary N) is 1. The molecule has 2 aromatic rings. The zero-order chi connectivity index (χ0) is 19.2. The molecular weight excluding hydrogens is 346 g/mol. The fourth-order valence-corrected chi connectivity index (χ4v) is 4.37. The van der Waals surface area contributed by atoms with Crippen LogP contribution in [0.4, 0.5) is 0 Å². The number of aromatic amines is 1. The number of aryl methyl sites for hydroxylation is 2. The molecule has 1 N–H and O–H groups in total. The van der Waals surface area contributed by atoms with E-state index in [9.17, 15) is 9.59 Å². The molecule has 9 heteroatoms. The van der Waals surface area contributed by atoms with E-state index in [-0.39, 0.29) is 23.1 Å². The second kappa shape index (κ2) is 6.47. The summed E-state index contributed by atoms with van der Waals surface area (Å²) in [4.78, 5) is 33.3. The van der Waals surface area contributed by atoms with Gasteiger partial charge in [-0.05, 0) is 20.3 Å². The van der Waals surface area contributed by atoms with Crippen LogP contribution in [0.5, 0.6) is 0 Å². The standard InChI is InChI=1S/C18H25N7O2/c1-4-25-8-14(7-19-25)16(27)23-6-5-18(17-20-12(2)21-22-17)11-24(13(3)26)10-15(18)9-23/h7-8,15H,4-6,9-11H2,1-3H3,(H,20,21,22)/t15-,18-/m1/s1. The average Bonchev–Trinajstić information content (AvgIpc) is 3.38. The first-order chi connectivity index (χ1) is 12.9. The van der Waals surface area contributed by atoms with Crippen molar-refractivity contribution >= 4 is 11.8 Å². The molecule has 27 heavy (non-hydrogen) atoms. The molecule has 9 nitrogen and oxygen atoms in total. The fourth-order valence-electron chi connectivity index (χ4n) is 4.37. The molecule has 2 amide bonds. The van der Waals surface area contributed by atoms with Gasteiger partial charge in [0.25, 0.3) is 5.91 Å². The van der Waals surface area contributed by atoms with Crippen LogP contribution in [0, 0.1) is 12.8 Å². The molecule has 4 rings (SSSR count). The third-order valence-electron chi connectivity index (χ3n) is 5.94. The summed E-state index contributed by atoms with van der Waals surface area (Å²) in [7, 11) is 0. The Kier molecular flexibility index (Phi) is 4.24. The second-order valence-electron chi connectivity index (χ2n) is 7.58. The highest BCUT2D eigenvalue weighted by Crippen LogP contribution is 2.44. The number of rotatable bonds is 3. The molecule has 2 fully saturated rings. The molecule has 0 spiro atoms. The first-order valence-corrected chi connectivity index (χ1v) is 9.39. The molecule has 0 radical (unpaired) electrons. The van der Waals surface area contributed by atoms with Gasteiger partial charge in [-0.15, -0.1) is 0 Å². The number of carbonyl (C=O) groups excluding carboxylic acids is 2. The minimum Gasteiger partial charge on any atom is -0.342 e. The molecule has 0 saturated carbocycles. The quantitative estimate of drug-likeness (QED) is 0.851. The highest BCUT2D eigenvalue weighted by molar-refractivity contribution is 5.93. The van der Waals surface area contributed by atoms with Crippen LogP contribution in [-0.2, 0) is 16.8 Å². The molecule has 2 aromatic heterocycles. The summed E-state index contributed by atoms with van der Waals surface area (Å²) in [5, 5.41) is 11.6. The van der Waals surface area contributed by atoms with Gasteiger partial charge in [-0.1, -0.05) is 0 Å². The predicted octanol–water partition coefficient (Wildman–Crippen LogP) is 0.592. The van der Waals surface area contributed by atoms with Crippen LogP contribution in [-0.4, -0.2) is 72.8 Å². The summed E-state index contributed by atoms with van der Waals surface area (Å²) >= 11 is 0. The number of H-pyrrole nitrogens is 1. The maximum atomic E-state index is 12.9. The number of piperidine rings is 1. The van der Waals surface area contributed by atoms with E-state index in [1.807, 2.05) is 23.6 Å². The van der Waals surface area contributed by atoms with Gasteiger partial charge in [-0.2, -0.15) is 10.2 Å². The summed E-state index contributed by atoms with van der Waals surface area (Å²) < 4.78 is 1.75. The topological polar surface area (TPSA) is 100 Å². The second-order valence-corrected chi connectivity index (χ2v) is 7.58. The van der Waals surface area contributed by atoms with Crippen molar-refractivity contribution in [3.05, 3.63) is 29.6 Å². The Labute approximate surface area is 157 Å². The molecule has 0 aromatic carbocycles. The van der Waals surface area contributed by atoms with Gasteiger partial charge >= 0.3 is 0 Å². The summed E-state index contributed by atoms with van der Waals surface area (Å²) in [6.07, 6.45) is 4.16. The Hall–Kier alpha value is -2.71. The fraction of sp³-hybridized carbons (Fsp3) is 0.611. The van der Waals surface area contributed by atoms with Crippen LogP contribution in [0.1, 0.15) is 42.3 Å². The van der Waals surface area contributed by atoms with Crippen molar-refractivity contribution in [2.45, 2.75) is 39.2 Å². The summed E-state index contributed by atoms with van der Waals surface area (Å²) in [6, 6.07) is 0. The molecule has 2 aliphatic rings. The molecule has 0 bridgehead atoms. The lowest BCUT2D eigenvalue weighted by atomic mass is 9.72. The number of carbonyl (C=O) groups is 2. The number of fused-ring (bicyclic) bond motifs is 1. The van der Waals surface area contributed by atoms with Crippen LogP contribution in [0.3, 0.4) is 0 Å². The van der Waals surface area contributed by atoms with Crippen molar-refractivity contribution in [3.63, 3.8) is 0 Å². The number of nitrogens with zero attached hydrogens (tertiary/aromatic N) is 6. The lowest BCUT2D eigenvalue weighted by molar-refractivity contribution is -0.128. The van der Waals surface area contributed by atoms with E-state index in [0.29, 0.717) is 31.7 Å². The highest BCUT2D eigenvalue weighted by Gasteiger charge is 2.54. The van der Waals surface area contributed by atoms with Crippen LogP contribution in [0.15, 0.2) is 12.4 Å². The monoisotopic (exact) mass is 371 g/mol. The SMILES string of the molecule is CCn1cc(C(=O)N2CC[C@@]3(c4n[nH]c(C)n4)CN(C(C)=O)C[C@H]3C2)cn1. The number of hydrogen-bond acceptors (Lipinski definition) is 5. The lowest BCUT2D eigenvalue weighted by Crippen LogP contribution is -2.51. The Bertz CT molecular complexity index is 873. The van der Waals surface area contributed by atoms with Crippen molar-refractivity contribution in [1.29, 1.82) is 0 Å². The van der Waals surface area contributed by atoms with E-state index in [4.69, 9.17) is 0 Å². The van der Waals surface area contributed by atoms with Gasteiger partial charge < -0.3 is 9.80 Å². The first kappa shape index (κ1) is 17.7. The van der Waals surface area contributed by atoms with Gasteiger partial charge in [0, 0.05) is 51.8 Å². The van der Waals surface area contributed by atoms with E-state index in [1.165, 1.54) is 0 Å². The van der Waals surface area contributed by atoms with Crippen molar-refractivity contribution in [2.24, 2.45) is 5.92 Å². The third kappa shape index (κ3) is 2.90.